The molecule has 154 valence electrons. The van der Waals surface area contributed by atoms with Crippen molar-refractivity contribution in [1.82, 2.24) is 0 Å². The summed E-state index contributed by atoms with van der Waals surface area (Å²) >= 11 is 0. The van der Waals surface area contributed by atoms with E-state index in [-0.39, 0.29) is 0 Å². The van der Waals surface area contributed by atoms with Crippen LogP contribution >= 0.6 is 14.5 Å². The molecule has 2 heteroatoms. The number of benzene rings is 2. The summed E-state index contributed by atoms with van der Waals surface area (Å²) in [5.74, 6) is 0. The van der Waals surface area contributed by atoms with E-state index >= 15 is 0 Å². The van der Waals surface area contributed by atoms with Crippen molar-refractivity contribution in [3.05, 3.63) is 71.8 Å². The summed E-state index contributed by atoms with van der Waals surface area (Å²) in [7, 11) is -2.20. The summed E-state index contributed by atoms with van der Waals surface area (Å²) < 4.78 is 0. The van der Waals surface area contributed by atoms with Crippen LogP contribution in [0.25, 0.3) is 0 Å². The van der Waals surface area contributed by atoms with Crippen LogP contribution in [0.1, 0.15) is 36.8 Å². The zero-order valence-electron chi connectivity index (χ0n) is 18.0. The molecule has 0 bridgehead atoms. The molecule has 2 aromatic carbocycles. The predicted octanol–water partition coefficient (Wildman–Crippen LogP) is 6.56. The molecule has 2 aromatic rings. The summed E-state index contributed by atoms with van der Waals surface area (Å²) in [5, 5.41) is 0. The van der Waals surface area contributed by atoms with Gasteiger partial charge in [-0.25, -0.2) is 0 Å². The molecule has 2 atom stereocenters. The van der Waals surface area contributed by atoms with Crippen molar-refractivity contribution in [3.8, 4) is 0 Å². The Morgan fingerprint density at radius 2 is 1.04 bits per heavy atom. The second kappa shape index (κ2) is 8.98. The first-order chi connectivity index (χ1) is 13.6. The van der Waals surface area contributed by atoms with Crippen molar-refractivity contribution in [1.29, 1.82) is 0 Å². The van der Waals surface area contributed by atoms with Gasteiger partial charge in [0, 0.05) is 0 Å². The Morgan fingerprint density at radius 1 is 0.643 bits per heavy atom. The molecule has 0 aliphatic carbocycles. The van der Waals surface area contributed by atoms with Crippen LogP contribution < -0.4 is 0 Å². The van der Waals surface area contributed by atoms with E-state index in [4.69, 9.17) is 0 Å². The number of rotatable bonds is 7. The molecule has 2 aliphatic heterocycles. The average Bonchev–Trinajstić information content (AvgIpc) is 3.26. The number of hydrogen-bond donors (Lipinski definition) is 0. The second-order valence-corrected chi connectivity index (χ2v) is 20.6. The normalized spacial score (nSPS) is 28.1. The summed E-state index contributed by atoms with van der Waals surface area (Å²) in [6.07, 6.45) is 15.2. The Kier molecular flexibility index (Phi) is 6.60. The van der Waals surface area contributed by atoms with Crippen LogP contribution in [0.2, 0.25) is 0 Å². The minimum atomic E-state index is -1.10. The zero-order valence-corrected chi connectivity index (χ0v) is 20.0. The van der Waals surface area contributed by atoms with Gasteiger partial charge in [0.2, 0.25) is 0 Å². The molecule has 0 unspecified atom stereocenters. The third-order valence-electron chi connectivity index (χ3n) is 8.49. The van der Waals surface area contributed by atoms with Crippen LogP contribution in [0, 0.1) is 0 Å². The number of hydrogen-bond acceptors (Lipinski definition) is 0. The molecule has 0 spiro atoms. The molecule has 4 rings (SSSR count). The van der Waals surface area contributed by atoms with E-state index < -0.39 is 14.5 Å². The van der Waals surface area contributed by atoms with Gasteiger partial charge >= 0.3 is 174 Å². The molecule has 2 fully saturated rings. The summed E-state index contributed by atoms with van der Waals surface area (Å²) in [5.41, 5.74) is 5.22. The van der Waals surface area contributed by atoms with E-state index in [2.05, 4.69) is 74.0 Å². The van der Waals surface area contributed by atoms with E-state index in [1.165, 1.54) is 38.5 Å². The molecular formula is C26H40P2. The molecule has 0 nitrogen and oxygen atoms in total. The van der Waals surface area contributed by atoms with Crippen LogP contribution in [0.5, 0.6) is 0 Å². The molecular weight excluding hydrogens is 374 g/mol. The Balaban J connectivity index is 1.40. The Morgan fingerprint density at radius 3 is 1.43 bits per heavy atom. The van der Waals surface area contributed by atoms with Crippen molar-refractivity contribution in [2.75, 3.05) is 38.0 Å². The van der Waals surface area contributed by atoms with Gasteiger partial charge in [0.05, 0.1) is 0 Å². The van der Waals surface area contributed by atoms with Crippen molar-refractivity contribution in [2.24, 2.45) is 0 Å². The van der Waals surface area contributed by atoms with Crippen LogP contribution in [0.4, 0.5) is 0 Å². The predicted molar refractivity (Wildman–Crippen MR) is 134 cm³/mol. The maximum absolute atomic E-state index is 2.77. The maximum atomic E-state index is 2.77. The minimum absolute atomic E-state index is 1.03. The van der Waals surface area contributed by atoms with Gasteiger partial charge in [-0.2, -0.15) is 0 Å². The van der Waals surface area contributed by atoms with Crippen molar-refractivity contribution < 1.29 is 0 Å². The van der Waals surface area contributed by atoms with E-state index in [0.29, 0.717) is 0 Å². The third kappa shape index (κ3) is 4.71. The van der Waals surface area contributed by atoms with Crippen LogP contribution in [-0.2, 0) is 12.8 Å². The Hall–Kier alpha value is -0.700. The summed E-state index contributed by atoms with van der Waals surface area (Å²) in [4.78, 5) is 0. The first kappa shape index (κ1) is 20.6. The summed E-state index contributed by atoms with van der Waals surface area (Å²) in [6, 6.07) is 22.7. The molecule has 28 heavy (non-hydrogen) atoms. The van der Waals surface area contributed by atoms with Gasteiger partial charge in [-0.05, 0) is 0 Å². The fraction of sp³-hybridized carbons (Fsp3) is 0.538. The van der Waals surface area contributed by atoms with Gasteiger partial charge in [-0.3, -0.25) is 0 Å². The molecule has 0 aromatic heterocycles. The fourth-order valence-electron chi connectivity index (χ4n) is 6.33. The van der Waals surface area contributed by atoms with Gasteiger partial charge in [-0.15, -0.1) is 0 Å². The van der Waals surface area contributed by atoms with E-state index in [0.717, 1.165) is 11.3 Å². The quantitative estimate of drug-likeness (QED) is 0.450. The first-order valence-electron chi connectivity index (χ1n) is 11.7. The molecule has 2 aliphatic rings. The van der Waals surface area contributed by atoms with Gasteiger partial charge in [0.1, 0.15) is 0 Å². The van der Waals surface area contributed by atoms with Gasteiger partial charge in [0.25, 0.3) is 0 Å². The van der Waals surface area contributed by atoms with Crippen LogP contribution in [0.3, 0.4) is 0 Å². The van der Waals surface area contributed by atoms with Crippen molar-refractivity contribution in [2.45, 2.75) is 49.8 Å². The second-order valence-electron chi connectivity index (χ2n) is 10.4. The van der Waals surface area contributed by atoms with E-state index in [1.807, 2.05) is 0 Å². The van der Waals surface area contributed by atoms with Crippen molar-refractivity contribution in [3.63, 3.8) is 0 Å². The van der Waals surface area contributed by atoms with E-state index in [9.17, 15) is 0 Å². The monoisotopic (exact) mass is 414 g/mol. The van der Waals surface area contributed by atoms with Gasteiger partial charge in [-0.1, -0.05) is 0 Å². The first-order valence-corrected chi connectivity index (χ1v) is 17.6. The van der Waals surface area contributed by atoms with Crippen molar-refractivity contribution >= 4 is 14.5 Å². The molecule has 2 heterocycles. The molecule has 0 radical (unpaired) electrons. The molecule has 0 N–H and O–H groups in total. The van der Waals surface area contributed by atoms with Crippen LogP contribution in [-0.4, -0.2) is 49.3 Å². The average molecular weight is 415 g/mol. The Bertz CT molecular complexity index is 678. The zero-order chi connectivity index (χ0) is 19.5. The molecule has 2 saturated heterocycles. The standard InChI is InChI=1S/C26H40P2/c1-27(17-9-15-25(27)21-23-11-5-3-6-12-23)19-20-28(2)18-10-16-26(28)22-24-13-7-4-8-14-24/h3-8,11-14,25-28H,9-10,15-22H2,1-2H3/t25-,26-/m1/s1. The van der Waals surface area contributed by atoms with Gasteiger partial charge < -0.3 is 0 Å². The Labute approximate surface area is 174 Å². The third-order valence-corrected chi connectivity index (χ3v) is 19.7. The fourth-order valence-corrected chi connectivity index (χ4v) is 18.3. The van der Waals surface area contributed by atoms with Gasteiger partial charge in [0.15, 0.2) is 0 Å². The SMILES string of the molecule is C[PH]1(CC[PH]2(C)CCC[C@@H]2Cc2ccccc2)CCC[C@@H]1Cc1ccccc1. The molecule has 0 saturated carbocycles. The van der Waals surface area contributed by atoms with Crippen LogP contribution in [0.15, 0.2) is 60.7 Å². The topological polar surface area (TPSA) is 0 Å². The summed E-state index contributed by atoms with van der Waals surface area (Å²) in [6.45, 7) is 5.54. The van der Waals surface area contributed by atoms with E-state index in [1.54, 1.807) is 35.8 Å². The molecule has 0 amide bonds.